The molecule has 5 nitrogen and oxygen atoms in total. The van der Waals surface area contributed by atoms with E-state index in [1.807, 2.05) is 0 Å². The summed E-state index contributed by atoms with van der Waals surface area (Å²) in [4.78, 5) is 25.8. The van der Waals surface area contributed by atoms with Crippen molar-refractivity contribution in [3.05, 3.63) is 0 Å². The molecule has 0 spiro atoms. The lowest BCUT2D eigenvalue weighted by Crippen LogP contribution is -2.46. The number of hydrogen-bond acceptors (Lipinski definition) is 2. The number of amides is 2. The normalized spacial score (nSPS) is 34.0. The molecule has 3 atom stereocenters. The zero-order valence-electron chi connectivity index (χ0n) is 12.8. The van der Waals surface area contributed by atoms with E-state index in [-0.39, 0.29) is 18.0 Å². The molecular weight excluding hydrogens is 268 g/mol. The Kier molecular flexibility index (Phi) is 3.84. The van der Waals surface area contributed by atoms with Crippen molar-refractivity contribution in [1.29, 1.82) is 0 Å². The third-order valence-electron chi connectivity index (χ3n) is 6.04. The number of hydrogen-bond donors (Lipinski definition) is 2. The lowest BCUT2D eigenvalue weighted by molar-refractivity contribution is -0.149. The summed E-state index contributed by atoms with van der Waals surface area (Å²) in [5.74, 6) is 0.0103. The Labute approximate surface area is 126 Å². The highest BCUT2D eigenvalue weighted by atomic mass is 16.4. The van der Waals surface area contributed by atoms with Crippen molar-refractivity contribution in [1.82, 2.24) is 10.2 Å². The van der Waals surface area contributed by atoms with Crippen LogP contribution < -0.4 is 5.32 Å². The fourth-order valence-electron chi connectivity index (χ4n) is 4.65. The number of urea groups is 1. The van der Waals surface area contributed by atoms with Crippen molar-refractivity contribution in [2.75, 3.05) is 13.1 Å². The third-order valence-corrected chi connectivity index (χ3v) is 6.04. The van der Waals surface area contributed by atoms with E-state index in [1.54, 1.807) is 4.90 Å². The fraction of sp³-hybridized carbons (Fsp3) is 0.875. The van der Waals surface area contributed by atoms with E-state index in [0.717, 1.165) is 19.3 Å². The minimum absolute atomic E-state index is 0.0653. The van der Waals surface area contributed by atoms with Crippen LogP contribution in [-0.4, -0.2) is 41.1 Å². The quantitative estimate of drug-likeness (QED) is 0.840. The van der Waals surface area contributed by atoms with Crippen LogP contribution in [0, 0.1) is 17.3 Å². The Balaban J connectivity index is 1.60. The van der Waals surface area contributed by atoms with Gasteiger partial charge < -0.3 is 15.3 Å². The van der Waals surface area contributed by atoms with Gasteiger partial charge in [-0.2, -0.15) is 0 Å². The van der Waals surface area contributed by atoms with Crippen LogP contribution in [0.15, 0.2) is 0 Å². The van der Waals surface area contributed by atoms with Crippen LogP contribution in [0.5, 0.6) is 0 Å². The second-order valence-corrected chi connectivity index (χ2v) is 7.21. The van der Waals surface area contributed by atoms with E-state index < -0.39 is 11.4 Å². The van der Waals surface area contributed by atoms with Gasteiger partial charge in [0.25, 0.3) is 0 Å². The molecule has 0 aromatic rings. The maximum atomic E-state index is 12.4. The van der Waals surface area contributed by atoms with Gasteiger partial charge in [-0.25, -0.2) is 4.79 Å². The Morgan fingerprint density at radius 1 is 1.24 bits per heavy atom. The summed E-state index contributed by atoms with van der Waals surface area (Å²) in [6, 6.07) is 0.130. The summed E-state index contributed by atoms with van der Waals surface area (Å²) < 4.78 is 0. The molecule has 1 heterocycles. The molecule has 3 aliphatic rings. The Bertz CT molecular complexity index is 433. The van der Waals surface area contributed by atoms with Crippen molar-refractivity contribution in [2.45, 2.75) is 57.9 Å². The number of carboxylic acids is 1. The molecule has 1 unspecified atom stereocenters. The Morgan fingerprint density at radius 2 is 1.95 bits per heavy atom. The number of carbonyl (C=O) groups is 2. The zero-order valence-corrected chi connectivity index (χ0v) is 12.8. The average Bonchev–Trinajstić information content (AvgIpc) is 3.13. The van der Waals surface area contributed by atoms with E-state index in [1.165, 1.54) is 25.7 Å². The van der Waals surface area contributed by atoms with Crippen molar-refractivity contribution >= 4 is 12.0 Å². The number of fused-ring (bicyclic) bond motifs is 1. The van der Waals surface area contributed by atoms with Gasteiger partial charge in [-0.3, -0.25) is 4.79 Å². The molecule has 0 bridgehead atoms. The standard InChI is InChI=1S/C16H26N2O3/c1-11(12-5-2-3-6-12)17-15(21)18-9-13-7-4-8-16(13,10-18)14(19)20/h11-13H,2-10H2,1H3,(H,17,21)(H,19,20)/t11?,13-,16+/m0/s1. The van der Waals surface area contributed by atoms with Crippen LogP contribution in [-0.2, 0) is 4.79 Å². The van der Waals surface area contributed by atoms with E-state index in [4.69, 9.17) is 0 Å². The van der Waals surface area contributed by atoms with Gasteiger partial charge >= 0.3 is 12.0 Å². The van der Waals surface area contributed by atoms with Gasteiger partial charge in [-0.05, 0) is 44.4 Å². The first-order chi connectivity index (χ1) is 10.0. The highest BCUT2D eigenvalue weighted by Crippen LogP contribution is 2.48. The lowest BCUT2D eigenvalue weighted by Gasteiger charge is -2.26. The van der Waals surface area contributed by atoms with Gasteiger partial charge in [0.2, 0.25) is 0 Å². The van der Waals surface area contributed by atoms with E-state index in [2.05, 4.69) is 12.2 Å². The number of rotatable bonds is 3. The molecule has 3 fully saturated rings. The summed E-state index contributed by atoms with van der Waals surface area (Å²) in [5.41, 5.74) is -0.673. The Hall–Kier alpha value is -1.26. The second-order valence-electron chi connectivity index (χ2n) is 7.21. The minimum atomic E-state index is -0.718. The molecule has 2 aliphatic carbocycles. The molecule has 0 aromatic heterocycles. The number of carbonyl (C=O) groups excluding carboxylic acids is 1. The highest BCUT2D eigenvalue weighted by molar-refractivity contribution is 5.80. The molecule has 1 saturated heterocycles. The van der Waals surface area contributed by atoms with E-state index in [9.17, 15) is 14.7 Å². The molecule has 5 heteroatoms. The molecule has 0 radical (unpaired) electrons. The van der Waals surface area contributed by atoms with Crippen LogP contribution in [0.25, 0.3) is 0 Å². The van der Waals surface area contributed by atoms with Crippen LogP contribution in [0.2, 0.25) is 0 Å². The van der Waals surface area contributed by atoms with E-state index >= 15 is 0 Å². The third kappa shape index (κ3) is 2.51. The first kappa shape index (κ1) is 14.7. The monoisotopic (exact) mass is 294 g/mol. The SMILES string of the molecule is CC(NC(=O)N1C[C@@H]2CCC[C@@]2(C(=O)O)C1)C1CCCC1. The summed E-state index contributed by atoms with van der Waals surface area (Å²) in [6.07, 6.45) is 7.55. The smallest absolute Gasteiger partial charge is 0.317 e. The Morgan fingerprint density at radius 3 is 2.57 bits per heavy atom. The maximum Gasteiger partial charge on any atom is 0.317 e. The molecule has 1 aliphatic heterocycles. The predicted molar refractivity (Wildman–Crippen MR) is 78.9 cm³/mol. The minimum Gasteiger partial charge on any atom is -0.481 e. The molecule has 3 rings (SSSR count). The lowest BCUT2D eigenvalue weighted by atomic mass is 9.81. The fourth-order valence-corrected chi connectivity index (χ4v) is 4.65. The number of likely N-dealkylation sites (tertiary alicyclic amines) is 1. The maximum absolute atomic E-state index is 12.4. The first-order valence-corrected chi connectivity index (χ1v) is 8.32. The molecule has 2 saturated carbocycles. The zero-order chi connectivity index (χ0) is 15.0. The molecule has 118 valence electrons. The summed E-state index contributed by atoms with van der Waals surface area (Å²) in [7, 11) is 0. The molecular formula is C16H26N2O3. The van der Waals surface area contributed by atoms with Crippen LogP contribution in [0.4, 0.5) is 4.79 Å². The number of aliphatic carboxylic acids is 1. The first-order valence-electron chi connectivity index (χ1n) is 8.32. The van der Waals surface area contributed by atoms with Gasteiger partial charge in [-0.1, -0.05) is 19.3 Å². The van der Waals surface area contributed by atoms with Crippen molar-refractivity contribution in [2.24, 2.45) is 17.3 Å². The summed E-state index contributed by atoms with van der Waals surface area (Å²) >= 11 is 0. The number of carboxylic acid groups (broad SMARTS) is 1. The van der Waals surface area contributed by atoms with Crippen LogP contribution >= 0.6 is 0 Å². The second kappa shape index (κ2) is 5.50. The topological polar surface area (TPSA) is 69.6 Å². The van der Waals surface area contributed by atoms with Crippen molar-refractivity contribution < 1.29 is 14.7 Å². The van der Waals surface area contributed by atoms with Gasteiger partial charge in [0.05, 0.1) is 5.41 Å². The van der Waals surface area contributed by atoms with Gasteiger partial charge in [0, 0.05) is 19.1 Å². The largest absolute Gasteiger partial charge is 0.481 e. The molecule has 2 amide bonds. The highest BCUT2D eigenvalue weighted by Gasteiger charge is 2.55. The molecule has 21 heavy (non-hydrogen) atoms. The van der Waals surface area contributed by atoms with Gasteiger partial charge in [-0.15, -0.1) is 0 Å². The van der Waals surface area contributed by atoms with Crippen LogP contribution in [0.3, 0.4) is 0 Å². The average molecular weight is 294 g/mol. The molecule has 0 aromatic carbocycles. The van der Waals surface area contributed by atoms with E-state index in [0.29, 0.717) is 19.0 Å². The summed E-state index contributed by atoms with van der Waals surface area (Å²) in [5, 5.41) is 12.7. The van der Waals surface area contributed by atoms with Crippen molar-refractivity contribution in [3.8, 4) is 0 Å². The predicted octanol–water partition coefficient (Wildman–Crippen LogP) is 2.46. The van der Waals surface area contributed by atoms with Crippen LogP contribution in [0.1, 0.15) is 51.9 Å². The molecule has 2 N–H and O–H groups in total. The van der Waals surface area contributed by atoms with Crippen molar-refractivity contribution in [3.63, 3.8) is 0 Å². The van der Waals surface area contributed by atoms with Gasteiger partial charge in [0.15, 0.2) is 0 Å². The number of nitrogens with zero attached hydrogens (tertiary/aromatic N) is 1. The van der Waals surface area contributed by atoms with Gasteiger partial charge in [0.1, 0.15) is 0 Å². The summed E-state index contributed by atoms with van der Waals surface area (Å²) in [6.45, 7) is 3.07. The number of nitrogens with one attached hydrogen (secondary N) is 1.